The van der Waals surface area contributed by atoms with Crippen molar-refractivity contribution in [3.8, 4) is 11.1 Å². The van der Waals surface area contributed by atoms with E-state index >= 15 is 0 Å². The number of rotatable bonds is 7. The number of nitrogens with one attached hydrogen (secondary N) is 4. The van der Waals surface area contributed by atoms with Crippen LogP contribution in [0.5, 0.6) is 0 Å². The summed E-state index contributed by atoms with van der Waals surface area (Å²) >= 11 is 0. The topological polar surface area (TPSA) is 109 Å². The van der Waals surface area contributed by atoms with Gasteiger partial charge in [-0.25, -0.2) is 0 Å². The predicted molar refractivity (Wildman–Crippen MR) is 168 cm³/mol. The van der Waals surface area contributed by atoms with Crippen molar-refractivity contribution in [1.29, 1.82) is 0 Å². The molecule has 2 saturated heterocycles. The minimum Gasteiger partial charge on any atom is -0.378 e. The van der Waals surface area contributed by atoms with Crippen LogP contribution in [0.1, 0.15) is 62.9 Å². The minimum absolute atomic E-state index is 0.0224. The van der Waals surface area contributed by atoms with Crippen LogP contribution in [0.3, 0.4) is 0 Å². The van der Waals surface area contributed by atoms with Crippen molar-refractivity contribution in [1.82, 2.24) is 25.3 Å². The molecule has 2 fully saturated rings. The number of morpholine rings is 2. The maximum atomic E-state index is 13.9. The summed E-state index contributed by atoms with van der Waals surface area (Å²) in [5.41, 5.74) is 8.88. The van der Waals surface area contributed by atoms with E-state index in [9.17, 15) is 9.59 Å². The van der Waals surface area contributed by atoms with Crippen LogP contribution in [-0.4, -0.2) is 60.9 Å². The van der Waals surface area contributed by atoms with E-state index in [0.717, 1.165) is 58.8 Å². The monoisotopic (exact) mass is 583 g/mol. The van der Waals surface area contributed by atoms with Crippen molar-refractivity contribution in [2.24, 2.45) is 0 Å². The number of H-pyrrole nitrogens is 1. The summed E-state index contributed by atoms with van der Waals surface area (Å²) < 4.78 is 14.2. The lowest BCUT2D eigenvalue weighted by molar-refractivity contribution is 0.0135. The first-order valence-electron chi connectivity index (χ1n) is 15.2. The SMILES string of the molecule is Cc1cc(C)c(CNC(=O)c2cc3c(-c4ccccc4C4COCCN4)ccn3c(C(C)C3CNCCO3)c2C)c(=O)[nH]1. The van der Waals surface area contributed by atoms with Crippen LogP contribution in [-0.2, 0) is 16.0 Å². The van der Waals surface area contributed by atoms with E-state index in [2.05, 4.69) is 68.8 Å². The van der Waals surface area contributed by atoms with Gasteiger partial charge in [0, 0.05) is 66.4 Å². The number of carbonyl (C=O) groups excluding carboxylic acids is 1. The van der Waals surface area contributed by atoms with Gasteiger partial charge in [0.05, 0.1) is 37.5 Å². The molecule has 0 saturated carbocycles. The molecular weight excluding hydrogens is 542 g/mol. The molecule has 9 heteroatoms. The Labute approximate surface area is 252 Å². The number of ether oxygens (including phenoxy) is 2. The summed E-state index contributed by atoms with van der Waals surface area (Å²) in [4.78, 5) is 29.4. The molecule has 1 aromatic carbocycles. The molecule has 4 N–H and O–H groups in total. The molecule has 2 aliphatic rings. The highest BCUT2D eigenvalue weighted by atomic mass is 16.5. The average molecular weight is 584 g/mol. The van der Waals surface area contributed by atoms with Crippen molar-refractivity contribution in [2.75, 3.05) is 39.5 Å². The highest BCUT2D eigenvalue weighted by molar-refractivity contribution is 5.98. The predicted octanol–water partition coefficient (Wildman–Crippen LogP) is 3.90. The van der Waals surface area contributed by atoms with Crippen LogP contribution in [0, 0.1) is 20.8 Å². The zero-order chi connectivity index (χ0) is 30.1. The Morgan fingerprint density at radius 1 is 1.09 bits per heavy atom. The number of hydrogen-bond acceptors (Lipinski definition) is 6. The van der Waals surface area contributed by atoms with Gasteiger partial charge in [-0.15, -0.1) is 0 Å². The van der Waals surface area contributed by atoms with Crippen LogP contribution < -0.4 is 21.5 Å². The van der Waals surface area contributed by atoms with E-state index in [0.29, 0.717) is 30.9 Å². The van der Waals surface area contributed by atoms with Gasteiger partial charge in [0.1, 0.15) is 0 Å². The zero-order valence-corrected chi connectivity index (χ0v) is 25.4. The van der Waals surface area contributed by atoms with E-state index in [-0.39, 0.29) is 36.1 Å². The van der Waals surface area contributed by atoms with Crippen molar-refractivity contribution in [3.05, 3.63) is 98.2 Å². The summed E-state index contributed by atoms with van der Waals surface area (Å²) in [5.74, 6) is -0.188. The fraction of sp³-hybridized carbons (Fsp3) is 0.412. The van der Waals surface area contributed by atoms with Gasteiger partial charge in [-0.3, -0.25) is 9.59 Å². The van der Waals surface area contributed by atoms with Gasteiger partial charge >= 0.3 is 0 Å². The van der Waals surface area contributed by atoms with Crippen molar-refractivity contribution >= 4 is 11.4 Å². The second-order valence-corrected chi connectivity index (χ2v) is 11.7. The second-order valence-electron chi connectivity index (χ2n) is 11.7. The smallest absolute Gasteiger partial charge is 0.253 e. The van der Waals surface area contributed by atoms with Crippen LogP contribution in [0.15, 0.2) is 53.5 Å². The lowest BCUT2D eigenvalue weighted by Crippen LogP contribution is -2.41. The molecular formula is C34H41N5O4. The Balaban J connectivity index is 1.45. The molecule has 3 unspecified atom stereocenters. The lowest BCUT2D eigenvalue weighted by atomic mass is 9.91. The van der Waals surface area contributed by atoms with Gasteiger partial charge in [0.25, 0.3) is 11.5 Å². The molecule has 9 nitrogen and oxygen atoms in total. The first kappa shape index (κ1) is 29.3. The Morgan fingerprint density at radius 3 is 2.67 bits per heavy atom. The van der Waals surface area contributed by atoms with E-state index in [4.69, 9.17) is 9.47 Å². The highest BCUT2D eigenvalue weighted by Crippen LogP contribution is 2.37. The first-order valence-corrected chi connectivity index (χ1v) is 15.2. The van der Waals surface area contributed by atoms with Gasteiger partial charge in [0.15, 0.2) is 0 Å². The number of pyridine rings is 2. The summed E-state index contributed by atoms with van der Waals surface area (Å²) in [6.07, 6.45) is 2.09. The molecule has 5 heterocycles. The summed E-state index contributed by atoms with van der Waals surface area (Å²) in [5, 5.41) is 10.1. The quantitative estimate of drug-likeness (QED) is 0.263. The molecule has 6 rings (SSSR count). The van der Waals surface area contributed by atoms with Crippen molar-refractivity contribution < 1.29 is 14.3 Å². The van der Waals surface area contributed by atoms with Gasteiger partial charge < -0.3 is 34.8 Å². The third-order valence-electron chi connectivity index (χ3n) is 8.91. The maximum absolute atomic E-state index is 13.9. The number of fused-ring (bicyclic) bond motifs is 1. The number of amides is 1. The molecule has 4 aromatic rings. The van der Waals surface area contributed by atoms with Gasteiger partial charge in [-0.2, -0.15) is 0 Å². The Kier molecular flexibility index (Phi) is 8.50. The van der Waals surface area contributed by atoms with Crippen LogP contribution in [0.4, 0.5) is 0 Å². The van der Waals surface area contributed by atoms with Crippen LogP contribution in [0.2, 0.25) is 0 Å². The minimum atomic E-state index is -0.210. The standard InChI is InChI=1S/C34H41N5O4/c1-20-15-21(2)38-34(41)28(20)17-37-33(40)27-16-30-26(24-7-5-6-8-25(24)29-19-42-13-11-36-29)9-12-39(30)32(22(27)3)23(4)31-18-35-10-14-43-31/h5-9,12,15-16,23,29,31,35-36H,10-11,13-14,17-19H2,1-4H3,(H,37,40)(H,38,41). The van der Waals surface area contributed by atoms with Crippen molar-refractivity contribution in [3.63, 3.8) is 0 Å². The van der Waals surface area contributed by atoms with E-state index in [1.807, 2.05) is 32.9 Å². The summed E-state index contributed by atoms with van der Waals surface area (Å²) in [7, 11) is 0. The van der Waals surface area contributed by atoms with E-state index in [1.165, 1.54) is 5.56 Å². The maximum Gasteiger partial charge on any atom is 0.253 e. The number of nitrogens with zero attached hydrogens (tertiary/aromatic N) is 1. The molecule has 43 heavy (non-hydrogen) atoms. The molecule has 3 aromatic heterocycles. The second kappa shape index (κ2) is 12.5. The Bertz CT molecular complexity index is 1700. The highest BCUT2D eigenvalue weighted by Gasteiger charge is 2.29. The number of hydrogen-bond donors (Lipinski definition) is 4. The van der Waals surface area contributed by atoms with Gasteiger partial charge in [-0.1, -0.05) is 31.2 Å². The van der Waals surface area contributed by atoms with E-state index in [1.54, 1.807) is 0 Å². The zero-order valence-electron chi connectivity index (χ0n) is 25.4. The normalized spacial score (nSPS) is 19.8. The van der Waals surface area contributed by atoms with Crippen molar-refractivity contribution in [2.45, 2.75) is 52.3 Å². The van der Waals surface area contributed by atoms with E-state index < -0.39 is 0 Å². The molecule has 0 radical (unpaired) electrons. The lowest BCUT2D eigenvalue weighted by Gasteiger charge is -2.31. The largest absolute Gasteiger partial charge is 0.378 e. The number of aryl methyl sites for hydroxylation is 2. The third kappa shape index (κ3) is 5.78. The summed E-state index contributed by atoms with van der Waals surface area (Å²) in [6.45, 7) is 12.4. The molecule has 0 spiro atoms. The number of aromatic amines is 1. The number of aromatic nitrogens is 2. The average Bonchev–Trinajstić information content (AvgIpc) is 3.44. The van der Waals surface area contributed by atoms with Crippen LogP contribution >= 0.6 is 0 Å². The van der Waals surface area contributed by atoms with Gasteiger partial charge in [0.2, 0.25) is 0 Å². The van der Waals surface area contributed by atoms with Gasteiger partial charge in [-0.05, 0) is 61.2 Å². The fourth-order valence-corrected chi connectivity index (χ4v) is 6.65. The molecule has 0 aliphatic carbocycles. The summed E-state index contributed by atoms with van der Waals surface area (Å²) in [6, 6.07) is 14.6. The Morgan fingerprint density at radius 2 is 1.93 bits per heavy atom. The first-order chi connectivity index (χ1) is 20.8. The number of benzene rings is 1. The molecule has 1 amide bonds. The molecule has 3 atom stereocenters. The Hall–Kier alpha value is -3.76. The van der Waals surface area contributed by atoms with Crippen LogP contribution in [0.25, 0.3) is 16.6 Å². The molecule has 226 valence electrons. The molecule has 2 aliphatic heterocycles. The number of carbonyl (C=O) groups is 1. The molecule has 0 bridgehead atoms. The third-order valence-corrected chi connectivity index (χ3v) is 8.91. The fourth-order valence-electron chi connectivity index (χ4n) is 6.65.